The smallest absolute Gasteiger partial charge is 0.153 e. The standard InChI is InChI=1S/C12H11ClFN3/c13-8-3-1-2-7(10(8)14)9-11(6-4-5-6)16-17-12(9)15/h1-3,6H,4-5H2,(H3,15,16,17). The second-order valence-electron chi connectivity index (χ2n) is 4.27. The van der Waals surface area contributed by atoms with E-state index in [1.807, 2.05) is 0 Å². The van der Waals surface area contributed by atoms with Crippen LogP contribution in [-0.2, 0) is 0 Å². The first-order chi connectivity index (χ1) is 8.18. The third-order valence-corrected chi connectivity index (χ3v) is 3.32. The highest BCUT2D eigenvalue weighted by atomic mass is 35.5. The summed E-state index contributed by atoms with van der Waals surface area (Å²) in [5.41, 5.74) is 7.81. The van der Waals surface area contributed by atoms with Gasteiger partial charge in [-0.1, -0.05) is 23.7 Å². The lowest BCUT2D eigenvalue weighted by Crippen LogP contribution is -1.93. The molecule has 0 aliphatic heterocycles. The number of benzene rings is 1. The van der Waals surface area contributed by atoms with Crippen LogP contribution in [0.5, 0.6) is 0 Å². The van der Waals surface area contributed by atoms with Crippen molar-refractivity contribution in [3.63, 3.8) is 0 Å². The third kappa shape index (κ3) is 1.69. The highest BCUT2D eigenvalue weighted by molar-refractivity contribution is 6.31. The van der Waals surface area contributed by atoms with Crippen molar-refractivity contribution >= 4 is 17.4 Å². The van der Waals surface area contributed by atoms with Crippen molar-refractivity contribution in [1.29, 1.82) is 0 Å². The van der Waals surface area contributed by atoms with E-state index in [9.17, 15) is 4.39 Å². The Morgan fingerprint density at radius 1 is 1.41 bits per heavy atom. The van der Waals surface area contributed by atoms with E-state index in [0.29, 0.717) is 22.9 Å². The summed E-state index contributed by atoms with van der Waals surface area (Å²) in [6, 6.07) is 4.91. The summed E-state index contributed by atoms with van der Waals surface area (Å²) in [5, 5.41) is 6.97. The van der Waals surface area contributed by atoms with Gasteiger partial charge in [0, 0.05) is 22.7 Å². The Labute approximate surface area is 103 Å². The van der Waals surface area contributed by atoms with Gasteiger partial charge in [0.1, 0.15) is 5.82 Å². The van der Waals surface area contributed by atoms with Gasteiger partial charge in [-0.2, -0.15) is 5.10 Å². The first kappa shape index (κ1) is 10.6. The number of halogens is 2. The average Bonchev–Trinajstić information content (AvgIpc) is 3.08. The van der Waals surface area contributed by atoms with Gasteiger partial charge in [0.05, 0.1) is 5.02 Å². The second kappa shape index (κ2) is 3.74. The fourth-order valence-electron chi connectivity index (χ4n) is 2.02. The van der Waals surface area contributed by atoms with Crippen molar-refractivity contribution in [2.45, 2.75) is 18.8 Å². The zero-order chi connectivity index (χ0) is 12.0. The van der Waals surface area contributed by atoms with E-state index in [-0.39, 0.29) is 5.02 Å². The molecule has 1 heterocycles. The maximum absolute atomic E-state index is 14.0. The molecule has 1 aliphatic carbocycles. The maximum Gasteiger partial charge on any atom is 0.153 e. The molecular weight excluding hydrogens is 241 g/mol. The van der Waals surface area contributed by atoms with Crippen LogP contribution in [0.15, 0.2) is 18.2 Å². The zero-order valence-electron chi connectivity index (χ0n) is 9.00. The lowest BCUT2D eigenvalue weighted by molar-refractivity contribution is 0.631. The van der Waals surface area contributed by atoms with E-state index in [2.05, 4.69) is 10.2 Å². The first-order valence-corrected chi connectivity index (χ1v) is 5.84. The van der Waals surface area contributed by atoms with Gasteiger partial charge in [0.2, 0.25) is 0 Å². The molecule has 2 aromatic rings. The van der Waals surface area contributed by atoms with Crippen LogP contribution in [-0.4, -0.2) is 10.2 Å². The van der Waals surface area contributed by atoms with Crippen LogP contribution in [0.2, 0.25) is 5.02 Å². The molecule has 1 aromatic carbocycles. The van der Waals surface area contributed by atoms with Gasteiger partial charge in [-0.05, 0) is 18.9 Å². The summed E-state index contributed by atoms with van der Waals surface area (Å²) < 4.78 is 14.0. The van der Waals surface area contributed by atoms with Gasteiger partial charge in [-0.25, -0.2) is 4.39 Å². The Balaban J connectivity index is 2.20. The van der Waals surface area contributed by atoms with Crippen LogP contribution in [0.1, 0.15) is 24.5 Å². The summed E-state index contributed by atoms with van der Waals surface area (Å²) in [4.78, 5) is 0. The van der Waals surface area contributed by atoms with E-state index in [0.717, 1.165) is 18.5 Å². The Hall–Kier alpha value is -1.55. The molecule has 17 heavy (non-hydrogen) atoms. The van der Waals surface area contributed by atoms with Crippen molar-refractivity contribution in [3.8, 4) is 11.1 Å². The molecule has 1 aromatic heterocycles. The van der Waals surface area contributed by atoms with E-state index in [4.69, 9.17) is 17.3 Å². The monoisotopic (exact) mass is 251 g/mol. The number of nitrogens with one attached hydrogen (secondary N) is 1. The Kier molecular flexibility index (Phi) is 2.33. The van der Waals surface area contributed by atoms with Crippen molar-refractivity contribution in [2.24, 2.45) is 0 Å². The van der Waals surface area contributed by atoms with Crippen LogP contribution < -0.4 is 5.73 Å². The fourth-order valence-corrected chi connectivity index (χ4v) is 2.19. The lowest BCUT2D eigenvalue weighted by Gasteiger charge is -2.06. The number of aromatic amines is 1. The van der Waals surface area contributed by atoms with Gasteiger partial charge in [-0.3, -0.25) is 5.10 Å². The van der Waals surface area contributed by atoms with Crippen molar-refractivity contribution in [2.75, 3.05) is 5.73 Å². The molecule has 0 atom stereocenters. The summed E-state index contributed by atoms with van der Waals surface area (Å²) in [5.74, 6) is 0.311. The van der Waals surface area contributed by atoms with E-state index >= 15 is 0 Å². The number of nitrogen functional groups attached to an aromatic ring is 1. The van der Waals surface area contributed by atoms with Crippen molar-refractivity contribution < 1.29 is 4.39 Å². The van der Waals surface area contributed by atoms with Crippen LogP contribution in [0, 0.1) is 5.82 Å². The predicted molar refractivity (Wildman–Crippen MR) is 65.4 cm³/mol. The molecule has 3 nitrogen and oxygen atoms in total. The highest BCUT2D eigenvalue weighted by Crippen LogP contribution is 2.45. The number of nitrogens with two attached hydrogens (primary N) is 1. The van der Waals surface area contributed by atoms with E-state index in [1.54, 1.807) is 12.1 Å². The van der Waals surface area contributed by atoms with Gasteiger partial charge >= 0.3 is 0 Å². The average molecular weight is 252 g/mol. The molecule has 5 heteroatoms. The minimum Gasteiger partial charge on any atom is -0.382 e. The second-order valence-corrected chi connectivity index (χ2v) is 4.68. The first-order valence-electron chi connectivity index (χ1n) is 5.46. The summed E-state index contributed by atoms with van der Waals surface area (Å²) in [6.45, 7) is 0. The normalized spacial score (nSPS) is 15.2. The topological polar surface area (TPSA) is 54.7 Å². The van der Waals surface area contributed by atoms with E-state index < -0.39 is 5.82 Å². The minimum absolute atomic E-state index is 0.102. The number of aromatic nitrogens is 2. The predicted octanol–water partition coefficient (Wildman–Crippen LogP) is 3.33. The SMILES string of the molecule is Nc1n[nH]c(C2CC2)c1-c1cccc(Cl)c1F. The number of nitrogens with zero attached hydrogens (tertiary/aromatic N) is 1. The summed E-state index contributed by atoms with van der Waals surface area (Å²) >= 11 is 5.78. The van der Waals surface area contributed by atoms with Gasteiger partial charge in [0.15, 0.2) is 5.82 Å². The molecule has 0 saturated heterocycles. The van der Waals surface area contributed by atoms with Crippen molar-refractivity contribution in [3.05, 3.63) is 34.7 Å². The number of hydrogen-bond acceptors (Lipinski definition) is 2. The molecule has 1 fully saturated rings. The number of H-pyrrole nitrogens is 1. The molecular formula is C12H11ClFN3. The molecule has 88 valence electrons. The third-order valence-electron chi connectivity index (χ3n) is 3.03. The molecule has 0 spiro atoms. The van der Waals surface area contributed by atoms with Crippen molar-refractivity contribution in [1.82, 2.24) is 10.2 Å². The molecule has 0 radical (unpaired) electrons. The highest BCUT2D eigenvalue weighted by Gasteiger charge is 2.30. The molecule has 3 rings (SSSR count). The molecule has 1 aliphatic rings. The Bertz CT molecular complexity index is 575. The molecule has 0 bridgehead atoms. The molecule has 0 unspecified atom stereocenters. The van der Waals surface area contributed by atoms with Crippen LogP contribution >= 0.6 is 11.6 Å². The molecule has 3 N–H and O–H groups in total. The van der Waals surface area contributed by atoms with Crippen LogP contribution in [0.3, 0.4) is 0 Å². The van der Waals surface area contributed by atoms with Crippen LogP contribution in [0.25, 0.3) is 11.1 Å². The van der Waals surface area contributed by atoms with E-state index in [1.165, 1.54) is 6.07 Å². The van der Waals surface area contributed by atoms with Gasteiger partial charge < -0.3 is 5.73 Å². The molecule has 1 saturated carbocycles. The fraction of sp³-hybridized carbons (Fsp3) is 0.250. The number of hydrogen-bond donors (Lipinski definition) is 2. The van der Waals surface area contributed by atoms with Crippen LogP contribution in [0.4, 0.5) is 10.2 Å². The number of rotatable bonds is 2. The Morgan fingerprint density at radius 3 is 2.88 bits per heavy atom. The maximum atomic E-state index is 14.0. The van der Waals surface area contributed by atoms with Gasteiger partial charge in [0.25, 0.3) is 0 Å². The zero-order valence-corrected chi connectivity index (χ0v) is 9.76. The Morgan fingerprint density at radius 2 is 2.18 bits per heavy atom. The largest absolute Gasteiger partial charge is 0.382 e. The summed E-state index contributed by atoms with van der Waals surface area (Å²) in [7, 11) is 0. The lowest BCUT2D eigenvalue weighted by atomic mass is 10.0. The minimum atomic E-state index is -0.441. The van der Waals surface area contributed by atoms with Gasteiger partial charge in [-0.15, -0.1) is 0 Å². The summed E-state index contributed by atoms with van der Waals surface area (Å²) in [6.07, 6.45) is 2.19. The quantitative estimate of drug-likeness (QED) is 0.860. The number of anilines is 1. The molecule has 0 amide bonds.